The third kappa shape index (κ3) is 2.76. The Kier molecular flexibility index (Phi) is 3.80. The molecule has 0 aromatic carbocycles. The van der Waals surface area contributed by atoms with Gasteiger partial charge in [0.25, 0.3) is 0 Å². The standard InChI is InChI=1S/C18H14N4S3/c1-10-9-23-18(20-10)25-17-14-12-5-2-6-13(12)24-16(14)21-15(22-17)11-4-3-7-19-8-11/h3-4,7-9H,2,5-6H2,1H3. The molecule has 124 valence electrons. The molecule has 0 aliphatic heterocycles. The van der Waals surface area contributed by atoms with Crippen LogP contribution in [0.4, 0.5) is 0 Å². The van der Waals surface area contributed by atoms with Gasteiger partial charge in [0.2, 0.25) is 0 Å². The van der Waals surface area contributed by atoms with Crippen molar-refractivity contribution in [1.82, 2.24) is 19.9 Å². The first-order chi connectivity index (χ1) is 12.3. The minimum atomic E-state index is 0.747. The van der Waals surface area contributed by atoms with Crippen LogP contribution in [0.2, 0.25) is 0 Å². The van der Waals surface area contributed by atoms with E-state index in [0.717, 1.165) is 37.7 Å². The zero-order valence-electron chi connectivity index (χ0n) is 13.5. The number of aromatic nitrogens is 4. The van der Waals surface area contributed by atoms with Gasteiger partial charge in [-0.3, -0.25) is 4.98 Å². The van der Waals surface area contributed by atoms with Gasteiger partial charge in [0, 0.05) is 39.3 Å². The fraction of sp³-hybridized carbons (Fsp3) is 0.222. The van der Waals surface area contributed by atoms with Crippen molar-refractivity contribution < 1.29 is 0 Å². The van der Waals surface area contributed by atoms with Gasteiger partial charge in [-0.2, -0.15) is 0 Å². The third-order valence-corrected chi connectivity index (χ3v) is 7.46. The molecule has 0 amide bonds. The molecular formula is C18H14N4S3. The smallest absolute Gasteiger partial charge is 0.163 e. The molecule has 0 saturated heterocycles. The number of hydrogen-bond donors (Lipinski definition) is 0. The van der Waals surface area contributed by atoms with Gasteiger partial charge in [-0.1, -0.05) is 0 Å². The van der Waals surface area contributed by atoms with Crippen molar-refractivity contribution in [2.75, 3.05) is 0 Å². The summed E-state index contributed by atoms with van der Waals surface area (Å²) >= 11 is 5.16. The number of thiazole rings is 1. The zero-order chi connectivity index (χ0) is 16.8. The summed E-state index contributed by atoms with van der Waals surface area (Å²) in [6.07, 6.45) is 7.14. The Morgan fingerprint density at radius 2 is 2.12 bits per heavy atom. The number of thiophene rings is 1. The molecule has 4 aromatic rings. The average Bonchev–Trinajstić information content (AvgIpc) is 3.31. The van der Waals surface area contributed by atoms with Crippen LogP contribution in [0, 0.1) is 6.92 Å². The molecule has 1 aliphatic carbocycles. The normalized spacial score (nSPS) is 13.5. The number of hydrogen-bond acceptors (Lipinski definition) is 7. The van der Waals surface area contributed by atoms with Crippen LogP contribution in [0.15, 0.2) is 39.3 Å². The molecular weight excluding hydrogens is 368 g/mol. The molecule has 4 nitrogen and oxygen atoms in total. The van der Waals surface area contributed by atoms with E-state index in [0.29, 0.717) is 0 Å². The van der Waals surface area contributed by atoms with E-state index < -0.39 is 0 Å². The quantitative estimate of drug-likeness (QED) is 0.458. The van der Waals surface area contributed by atoms with E-state index in [1.54, 1.807) is 29.3 Å². The maximum absolute atomic E-state index is 4.91. The number of aryl methyl sites for hydroxylation is 3. The lowest BCUT2D eigenvalue weighted by Crippen LogP contribution is -1.94. The second-order valence-corrected chi connectivity index (χ2v) is 9.17. The van der Waals surface area contributed by atoms with E-state index in [1.165, 1.54) is 28.7 Å². The van der Waals surface area contributed by atoms with Crippen molar-refractivity contribution >= 4 is 44.7 Å². The SMILES string of the molecule is Cc1csc(Sc2nc(-c3cccnc3)nc3sc4c(c23)CCC4)n1. The van der Waals surface area contributed by atoms with E-state index in [4.69, 9.17) is 9.97 Å². The molecule has 4 aromatic heterocycles. The van der Waals surface area contributed by atoms with Crippen LogP contribution >= 0.6 is 34.4 Å². The molecule has 7 heteroatoms. The summed E-state index contributed by atoms with van der Waals surface area (Å²) in [4.78, 5) is 21.2. The number of rotatable bonds is 3. The summed E-state index contributed by atoms with van der Waals surface area (Å²) in [5.74, 6) is 0.747. The predicted molar refractivity (Wildman–Crippen MR) is 104 cm³/mol. The Morgan fingerprint density at radius 3 is 2.92 bits per heavy atom. The van der Waals surface area contributed by atoms with Crippen molar-refractivity contribution in [3.63, 3.8) is 0 Å². The van der Waals surface area contributed by atoms with Crippen molar-refractivity contribution in [3.05, 3.63) is 46.0 Å². The first-order valence-electron chi connectivity index (χ1n) is 8.10. The van der Waals surface area contributed by atoms with Crippen LogP contribution in [0.3, 0.4) is 0 Å². The van der Waals surface area contributed by atoms with E-state index in [1.807, 2.05) is 36.6 Å². The summed E-state index contributed by atoms with van der Waals surface area (Å²) < 4.78 is 1.03. The maximum Gasteiger partial charge on any atom is 0.163 e. The second kappa shape index (κ2) is 6.16. The molecule has 0 N–H and O–H groups in total. The highest BCUT2D eigenvalue weighted by atomic mass is 32.2. The second-order valence-electron chi connectivity index (χ2n) is 5.99. The van der Waals surface area contributed by atoms with Crippen molar-refractivity contribution in [3.8, 4) is 11.4 Å². The van der Waals surface area contributed by atoms with Gasteiger partial charge >= 0.3 is 0 Å². The summed E-state index contributed by atoms with van der Waals surface area (Å²) in [5, 5.41) is 4.35. The van der Waals surface area contributed by atoms with Gasteiger partial charge in [-0.15, -0.1) is 22.7 Å². The van der Waals surface area contributed by atoms with Gasteiger partial charge < -0.3 is 0 Å². The summed E-state index contributed by atoms with van der Waals surface area (Å²) in [5.41, 5.74) is 3.46. The molecule has 5 rings (SSSR count). The highest BCUT2D eigenvalue weighted by Gasteiger charge is 2.23. The Hall–Kier alpha value is -1.83. The summed E-state index contributed by atoms with van der Waals surface area (Å²) in [6.45, 7) is 2.03. The number of pyridine rings is 1. The fourth-order valence-electron chi connectivity index (χ4n) is 3.12. The number of nitrogens with zero attached hydrogens (tertiary/aromatic N) is 4. The summed E-state index contributed by atoms with van der Waals surface area (Å²) in [7, 11) is 0. The van der Waals surface area contributed by atoms with Crippen LogP contribution < -0.4 is 0 Å². The van der Waals surface area contributed by atoms with Crippen molar-refractivity contribution in [1.29, 1.82) is 0 Å². The highest BCUT2D eigenvalue weighted by Crippen LogP contribution is 2.43. The lowest BCUT2D eigenvalue weighted by atomic mass is 10.2. The molecule has 4 heterocycles. The van der Waals surface area contributed by atoms with Crippen LogP contribution in [0.5, 0.6) is 0 Å². The Bertz CT molecular complexity index is 1070. The Labute approximate surface area is 157 Å². The molecule has 25 heavy (non-hydrogen) atoms. The number of fused-ring (bicyclic) bond motifs is 3. The lowest BCUT2D eigenvalue weighted by Gasteiger charge is -2.06. The van der Waals surface area contributed by atoms with E-state index in [2.05, 4.69) is 15.3 Å². The molecule has 1 aliphatic rings. The first kappa shape index (κ1) is 15.4. The highest BCUT2D eigenvalue weighted by molar-refractivity contribution is 8.01. The van der Waals surface area contributed by atoms with Crippen LogP contribution in [0.1, 0.15) is 22.6 Å². The molecule has 0 radical (unpaired) electrons. The van der Waals surface area contributed by atoms with Gasteiger partial charge in [-0.25, -0.2) is 15.0 Å². The topological polar surface area (TPSA) is 51.6 Å². The Morgan fingerprint density at radius 1 is 1.16 bits per heavy atom. The first-order valence-corrected chi connectivity index (χ1v) is 10.6. The molecule has 0 bridgehead atoms. The predicted octanol–water partition coefficient (Wildman–Crippen LogP) is 5.16. The molecule has 0 fully saturated rings. The monoisotopic (exact) mass is 382 g/mol. The summed E-state index contributed by atoms with van der Waals surface area (Å²) in [6, 6.07) is 3.94. The fourth-order valence-corrected chi connectivity index (χ4v) is 6.35. The van der Waals surface area contributed by atoms with E-state index in [9.17, 15) is 0 Å². The molecule has 0 unspecified atom stereocenters. The molecule has 0 spiro atoms. The van der Waals surface area contributed by atoms with Gasteiger partial charge in [-0.05, 0) is 55.6 Å². The molecule has 0 atom stereocenters. The van der Waals surface area contributed by atoms with Gasteiger partial charge in [0.1, 0.15) is 9.86 Å². The average molecular weight is 383 g/mol. The largest absolute Gasteiger partial charge is 0.264 e. The van der Waals surface area contributed by atoms with Crippen LogP contribution in [-0.4, -0.2) is 19.9 Å². The van der Waals surface area contributed by atoms with Crippen molar-refractivity contribution in [2.24, 2.45) is 0 Å². The lowest BCUT2D eigenvalue weighted by molar-refractivity contribution is 0.915. The van der Waals surface area contributed by atoms with Crippen molar-refractivity contribution in [2.45, 2.75) is 35.6 Å². The van der Waals surface area contributed by atoms with Gasteiger partial charge in [0.15, 0.2) is 10.2 Å². The van der Waals surface area contributed by atoms with Crippen LogP contribution in [0.25, 0.3) is 21.6 Å². The van der Waals surface area contributed by atoms with Crippen LogP contribution in [-0.2, 0) is 12.8 Å². The minimum absolute atomic E-state index is 0.747. The minimum Gasteiger partial charge on any atom is -0.264 e. The maximum atomic E-state index is 4.91. The van der Waals surface area contributed by atoms with Gasteiger partial charge in [0.05, 0.1) is 0 Å². The molecule has 0 saturated carbocycles. The zero-order valence-corrected chi connectivity index (χ0v) is 16.0. The Balaban J connectivity index is 1.71. The van der Waals surface area contributed by atoms with E-state index in [-0.39, 0.29) is 0 Å². The third-order valence-electron chi connectivity index (χ3n) is 4.23. The van der Waals surface area contributed by atoms with E-state index >= 15 is 0 Å².